The van der Waals surface area contributed by atoms with Crippen molar-refractivity contribution >= 4 is 50.8 Å². The molecule has 0 radical (unpaired) electrons. The molecule has 156 valence electrons. The van der Waals surface area contributed by atoms with Crippen molar-refractivity contribution in [3.8, 4) is 11.3 Å². The van der Waals surface area contributed by atoms with Gasteiger partial charge in [-0.05, 0) is 28.5 Å². The van der Waals surface area contributed by atoms with Crippen molar-refractivity contribution < 1.29 is 9.59 Å². The number of anilines is 1. The van der Waals surface area contributed by atoms with Crippen LogP contribution in [0, 0.1) is 0 Å². The normalized spacial score (nSPS) is 10.7. The molecule has 0 aliphatic rings. The molecule has 1 heterocycles. The fourth-order valence-corrected chi connectivity index (χ4v) is 4.53. The van der Waals surface area contributed by atoms with Crippen LogP contribution in [0.3, 0.4) is 0 Å². The van der Waals surface area contributed by atoms with Gasteiger partial charge in [-0.2, -0.15) is 0 Å². The Morgan fingerprint density at radius 3 is 2.55 bits per heavy atom. The number of rotatable bonds is 7. The minimum atomic E-state index is -0.0790. The molecule has 4 rings (SSSR count). The first-order valence-corrected chi connectivity index (χ1v) is 11.6. The summed E-state index contributed by atoms with van der Waals surface area (Å²) in [7, 11) is 0. The van der Waals surface area contributed by atoms with Crippen LogP contribution in [0.25, 0.3) is 22.0 Å². The van der Waals surface area contributed by atoms with Crippen molar-refractivity contribution in [3.63, 3.8) is 0 Å². The first-order chi connectivity index (χ1) is 15.1. The van der Waals surface area contributed by atoms with Gasteiger partial charge >= 0.3 is 0 Å². The monoisotopic (exact) mass is 447 g/mol. The van der Waals surface area contributed by atoms with E-state index < -0.39 is 0 Å². The molecule has 5 nitrogen and oxygen atoms in total. The third kappa shape index (κ3) is 5.71. The van der Waals surface area contributed by atoms with Crippen molar-refractivity contribution in [1.29, 1.82) is 0 Å². The number of nitrogens with one attached hydrogen (secondary N) is 2. The standard InChI is InChI=1S/C24H21N3O2S2/c1-16(28)25-13-17-6-8-19(9-7-17)22-14-31-24(26-22)27-23(29)15-30-21-11-10-18-4-2-3-5-20(18)12-21/h2-12,14H,13,15H2,1H3,(H,25,28)(H,26,27,29). The summed E-state index contributed by atoms with van der Waals surface area (Å²) in [4.78, 5) is 29.0. The van der Waals surface area contributed by atoms with E-state index in [-0.39, 0.29) is 11.8 Å². The summed E-state index contributed by atoms with van der Waals surface area (Å²) >= 11 is 2.91. The Hall–Kier alpha value is -3.16. The second-order valence-electron chi connectivity index (χ2n) is 6.99. The lowest BCUT2D eigenvalue weighted by Gasteiger charge is -2.04. The maximum absolute atomic E-state index is 12.4. The van der Waals surface area contributed by atoms with E-state index in [4.69, 9.17) is 0 Å². The predicted octanol–water partition coefficient (Wildman–Crippen LogP) is 5.33. The quantitative estimate of drug-likeness (QED) is 0.376. The number of hydrogen-bond acceptors (Lipinski definition) is 5. The molecule has 0 bridgehead atoms. The number of aromatic nitrogens is 1. The molecule has 2 N–H and O–H groups in total. The molecule has 4 aromatic rings. The highest BCUT2D eigenvalue weighted by Gasteiger charge is 2.09. The van der Waals surface area contributed by atoms with E-state index in [0.29, 0.717) is 17.4 Å². The van der Waals surface area contributed by atoms with Crippen LogP contribution in [0.15, 0.2) is 77.0 Å². The number of benzene rings is 3. The molecule has 7 heteroatoms. The molecule has 0 fully saturated rings. The van der Waals surface area contributed by atoms with Crippen LogP contribution >= 0.6 is 23.1 Å². The van der Waals surface area contributed by atoms with E-state index in [1.54, 1.807) is 0 Å². The number of carbonyl (C=O) groups excluding carboxylic acids is 2. The molecule has 0 unspecified atom stereocenters. The number of fused-ring (bicyclic) bond motifs is 1. The van der Waals surface area contributed by atoms with E-state index >= 15 is 0 Å². The minimum Gasteiger partial charge on any atom is -0.352 e. The Bertz CT molecular complexity index is 1220. The number of thiazole rings is 1. The molecule has 0 aliphatic heterocycles. The molecule has 31 heavy (non-hydrogen) atoms. The second-order valence-corrected chi connectivity index (χ2v) is 8.90. The van der Waals surface area contributed by atoms with Crippen LogP contribution in [0.1, 0.15) is 12.5 Å². The highest BCUT2D eigenvalue weighted by molar-refractivity contribution is 8.00. The maximum Gasteiger partial charge on any atom is 0.236 e. The second kappa shape index (κ2) is 9.76. The first kappa shape index (κ1) is 21.1. The third-order valence-electron chi connectivity index (χ3n) is 4.63. The Kier molecular flexibility index (Phi) is 6.64. The summed E-state index contributed by atoms with van der Waals surface area (Å²) in [5, 5.41) is 10.5. The van der Waals surface area contributed by atoms with Crippen LogP contribution in [-0.2, 0) is 16.1 Å². The summed E-state index contributed by atoms with van der Waals surface area (Å²) in [6, 6.07) is 22.2. The lowest BCUT2D eigenvalue weighted by molar-refractivity contribution is -0.119. The Balaban J connectivity index is 1.32. The number of hydrogen-bond donors (Lipinski definition) is 2. The molecule has 0 atom stereocenters. The first-order valence-electron chi connectivity index (χ1n) is 9.77. The number of nitrogens with zero attached hydrogens (tertiary/aromatic N) is 1. The third-order valence-corrected chi connectivity index (χ3v) is 6.38. The van der Waals surface area contributed by atoms with Gasteiger partial charge in [-0.15, -0.1) is 23.1 Å². The number of amides is 2. The zero-order chi connectivity index (χ0) is 21.6. The Morgan fingerprint density at radius 1 is 1.00 bits per heavy atom. The smallest absolute Gasteiger partial charge is 0.236 e. The summed E-state index contributed by atoms with van der Waals surface area (Å²) in [5.41, 5.74) is 2.80. The molecule has 1 aromatic heterocycles. The van der Waals surface area contributed by atoms with Crippen LogP contribution in [0.4, 0.5) is 5.13 Å². The summed E-state index contributed by atoms with van der Waals surface area (Å²) in [6.07, 6.45) is 0. The number of carbonyl (C=O) groups is 2. The SMILES string of the molecule is CC(=O)NCc1ccc(-c2csc(NC(=O)CSc3ccc4ccccc4c3)n2)cc1. The van der Waals surface area contributed by atoms with Gasteiger partial charge in [0.2, 0.25) is 11.8 Å². The molecule has 2 amide bonds. The highest BCUT2D eigenvalue weighted by Crippen LogP contribution is 2.27. The Morgan fingerprint density at radius 2 is 1.77 bits per heavy atom. The van der Waals surface area contributed by atoms with Crippen LogP contribution < -0.4 is 10.6 Å². The van der Waals surface area contributed by atoms with Crippen molar-refractivity contribution in [1.82, 2.24) is 10.3 Å². The predicted molar refractivity (Wildman–Crippen MR) is 128 cm³/mol. The van der Waals surface area contributed by atoms with Gasteiger partial charge in [-0.1, -0.05) is 54.6 Å². The molecule has 0 spiro atoms. The van der Waals surface area contributed by atoms with Gasteiger partial charge < -0.3 is 10.6 Å². The van der Waals surface area contributed by atoms with Gasteiger partial charge in [0.05, 0.1) is 11.4 Å². The maximum atomic E-state index is 12.4. The van der Waals surface area contributed by atoms with Gasteiger partial charge in [-0.3, -0.25) is 9.59 Å². The van der Waals surface area contributed by atoms with Crippen molar-refractivity contribution in [3.05, 3.63) is 77.7 Å². The van der Waals surface area contributed by atoms with Gasteiger partial charge in [0.1, 0.15) is 0 Å². The minimum absolute atomic E-state index is 0.0530. The van der Waals surface area contributed by atoms with E-state index in [0.717, 1.165) is 21.7 Å². The van der Waals surface area contributed by atoms with E-state index in [1.165, 1.54) is 40.8 Å². The van der Waals surface area contributed by atoms with Gasteiger partial charge in [0, 0.05) is 29.3 Å². The molecular formula is C24H21N3O2S2. The van der Waals surface area contributed by atoms with Crippen LogP contribution in [0.5, 0.6) is 0 Å². The van der Waals surface area contributed by atoms with Gasteiger partial charge in [0.15, 0.2) is 5.13 Å². The fourth-order valence-electron chi connectivity index (χ4n) is 3.05. The zero-order valence-corrected chi connectivity index (χ0v) is 18.6. The van der Waals surface area contributed by atoms with Gasteiger partial charge in [-0.25, -0.2) is 4.98 Å². The van der Waals surface area contributed by atoms with Crippen molar-refractivity contribution in [2.45, 2.75) is 18.4 Å². The summed E-state index contributed by atoms with van der Waals surface area (Å²) < 4.78 is 0. The van der Waals surface area contributed by atoms with Crippen molar-refractivity contribution in [2.75, 3.05) is 11.1 Å². The van der Waals surface area contributed by atoms with Crippen molar-refractivity contribution in [2.24, 2.45) is 0 Å². The Labute approximate surface area is 188 Å². The van der Waals surface area contributed by atoms with Gasteiger partial charge in [0.25, 0.3) is 0 Å². The average molecular weight is 448 g/mol. The molecular weight excluding hydrogens is 426 g/mol. The summed E-state index contributed by atoms with van der Waals surface area (Å²) in [5.74, 6) is 0.193. The molecule has 3 aromatic carbocycles. The largest absolute Gasteiger partial charge is 0.352 e. The van der Waals surface area contributed by atoms with Crippen LogP contribution in [0.2, 0.25) is 0 Å². The highest BCUT2D eigenvalue weighted by atomic mass is 32.2. The lowest BCUT2D eigenvalue weighted by atomic mass is 10.1. The topological polar surface area (TPSA) is 71.1 Å². The summed E-state index contributed by atoms with van der Waals surface area (Å²) in [6.45, 7) is 2.00. The zero-order valence-electron chi connectivity index (χ0n) is 16.9. The van der Waals surface area contributed by atoms with Crippen LogP contribution in [-0.4, -0.2) is 22.6 Å². The fraction of sp³-hybridized carbons (Fsp3) is 0.125. The molecule has 0 aliphatic carbocycles. The lowest BCUT2D eigenvalue weighted by Crippen LogP contribution is -2.18. The molecule has 0 saturated carbocycles. The van der Waals surface area contributed by atoms with E-state index in [2.05, 4.69) is 39.9 Å². The number of thioether (sulfide) groups is 1. The van der Waals surface area contributed by atoms with E-state index in [1.807, 2.05) is 47.8 Å². The molecule has 0 saturated heterocycles. The average Bonchev–Trinajstić information content (AvgIpc) is 3.25. The van der Waals surface area contributed by atoms with E-state index in [9.17, 15) is 9.59 Å².